The highest BCUT2D eigenvalue weighted by molar-refractivity contribution is 7.89. The first-order chi connectivity index (χ1) is 6.32. The van der Waals surface area contributed by atoms with Crippen LogP contribution in [0, 0.1) is 10.1 Å². The van der Waals surface area contributed by atoms with E-state index in [4.69, 9.17) is 10.9 Å². The van der Waals surface area contributed by atoms with Gasteiger partial charge in [-0.2, -0.15) is 0 Å². The summed E-state index contributed by atoms with van der Waals surface area (Å²) in [6.45, 7) is 0. The summed E-state index contributed by atoms with van der Waals surface area (Å²) >= 11 is 0. The summed E-state index contributed by atoms with van der Waals surface area (Å²) < 4.78 is 21.8. The van der Waals surface area contributed by atoms with Gasteiger partial charge in [-0.3, -0.25) is 0 Å². The van der Waals surface area contributed by atoms with E-state index >= 15 is 0 Å². The number of anilines is 1. The van der Waals surface area contributed by atoms with Crippen molar-refractivity contribution < 1.29 is 13.3 Å². The van der Waals surface area contributed by atoms with Crippen LogP contribution < -0.4 is 10.9 Å². The molecule has 1 aromatic heterocycles. The number of nitrogens with zero attached hydrogens (tertiary/aromatic N) is 2. The predicted molar refractivity (Wildman–Crippen MR) is 46.7 cm³/mol. The molecule has 0 aliphatic rings. The van der Waals surface area contributed by atoms with Crippen LogP contribution in [0.15, 0.2) is 17.2 Å². The molecule has 0 aliphatic heterocycles. The third-order valence-electron chi connectivity index (χ3n) is 1.33. The van der Waals surface area contributed by atoms with Gasteiger partial charge in [0.2, 0.25) is 10.0 Å². The van der Waals surface area contributed by atoms with E-state index in [1.165, 1.54) is 0 Å². The Bertz CT molecular complexity index is 483. The van der Waals surface area contributed by atoms with Crippen LogP contribution >= 0.6 is 0 Å². The molecule has 1 heterocycles. The molecule has 9 heteroatoms. The Hall–Kier alpha value is -1.74. The molecule has 0 aromatic carbocycles. The number of hydrogen-bond acceptors (Lipinski definition) is 6. The fraction of sp³-hybridized carbons (Fsp3) is 0. The van der Waals surface area contributed by atoms with Crippen molar-refractivity contribution in [2.45, 2.75) is 4.90 Å². The molecule has 0 bridgehead atoms. The van der Waals surface area contributed by atoms with E-state index in [2.05, 4.69) is 4.98 Å². The van der Waals surface area contributed by atoms with Crippen LogP contribution in [0.25, 0.3) is 0 Å². The van der Waals surface area contributed by atoms with Gasteiger partial charge in [0, 0.05) is 0 Å². The van der Waals surface area contributed by atoms with Crippen molar-refractivity contribution in [3.8, 4) is 0 Å². The van der Waals surface area contributed by atoms with Gasteiger partial charge in [0.25, 0.3) is 0 Å². The highest BCUT2D eigenvalue weighted by atomic mass is 32.2. The highest BCUT2D eigenvalue weighted by Crippen LogP contribution is 2.21. The van der Waals surface area contributed by atoms with E-state index in [-0.39, 0.29) is 5.69 Å². The Balaban J connectivity index is 3.54. The lowest BCUT2D eigenvalue weighted by atomic mass is 10.4. The van der Waals surface area contributed by atoms with Gasteiger partial charge in [-0.05, 0) is 16.0 Å². The van der Waals surface area contributed by atoms with Crippen LogP contribution in [0.5, 0.6) is 0 Å². The first-order valence-corrected chi connectivity index (χ1v) is 4.79. The minimum atomic E-state index is -4.19. The number of pyridine rings is 1. The van der Waals surface area contributed by atoms with Crippen LogP contribution in [-0.4, -0.2) is 18.3 Å². The molecule has 0 unspecified atom stereocenters. The summed E-state index contributed by atoms with van der Waals surface area (Å²) in [7, 11) is -4.19. The second kappa shape index (κ2) is 3.20. The standard InChI is InChI=1S/C5H6N4O4S/c6-3-1-4(14(7,12)13)5(8-2-3)9(10)11/h1-2H,6H2,(H2,7,12,13). The van der Waals surface area contributed by atoms with Crippen LogP contribution in [0.2, 0.25) is 0 Å². The maximum atomic E-state index is 10.9. The molecule has 4 N–H and O–H groups in total. The molecule has 0 amide bonds. The molecule has 8 nitrogen and oxygen atoms in total. The molecular weight excluding hydrogens is 212 g/mol. The van der Waals surface area contributed by atoms with E-state index in [0.29, 0.717) is 0 Å². The minimum absolute atomic E-state index is 0.0142. The number of hydrogen-bond donors (Lipinski definition) is 2. The van der Waals surface area contributed by atoms with Gasteiger partial charge in [0.15, 0.2) is 11.1 Å². The van der Waals surface area contributed by atoms with Crippen LogP contribution in [0.3, 0.4) is 0 Å². The van der Waals surface area contributed by atoms with Gasteiger partial charge in [-0.25, -0.2) is 13.6 Å². The minimum Gasteiger partial charge on any atom is -0.396 e. The normalized spacial score (nSPS) is 11.2. The fourth-order valence-corrected chi connectivity index (χ4v) is 1.48. The van der Waals surface area contributed by atoms with E-state index in [0.717, 1.165) is 12.3 Å². The lowest BCUT2D eigenvalue weighted by Gasteiger charge is -1.99. The zero-order chi connectivity index (χ0) is 10.9. The van der Waals surface area contributed by atoms with E-state index < -0.39 is 25.7 Å². The first kappa shape index (κ1) is 10.3. The zero-order valence-electron chi connectivity index (χ0n) is 6.75. The van der Waals surface area contributed by atoms with Gasteiger partial charge < -0.3 is 15.8 Å². The number of sulfonamides is 1. The van der Waals surface area contributed by atoms with Crippen LogP contribution in [0.1, 0.15) is 0 Å². The number of nitrogen functional groups attached to an aromatic ring is 1. The number of primary sulfonamides is 1. The van der Waals surface area contributed by atoms with Gasteiger partial charge in [-0.1, -0.05) is 0 Å². The molecule has 0 aliphatic carbocycles. The van der Waals surface area contributed by atoms with Gasteiger partial charge in [0.05, 0.1) is 5.69 Å². The average Bonchev–Trinajstić information content (AvgIpc) is 2.01. The number of nitrogens with two attached hydrogens (primary N) is 2. The largest absolute Gasteiger partial charge is 0.396 e. The van der Waals surface area contributed by atoms with E-state index in [1.54, 1.807) is 0 Å². The van der Waals surface area contributed by atoms with Crippen LogP contribution in [0.4, 0.5) is 11.5 Å². The molecule has 0 fully saturated rings. The van der Waals surface area contributed by atoms with Crippen molar-refractivity contribution in [1.29, 1.82) is 0 Å². The molecule has 1 rings (SSSR count). The van der Waals surface area contributed by atoms with Crippen molar-refractivity contribution in [2.24, 2.45) is 5.14 Å². The molecule has 0 saturated heterocycles. The van der Waals surface area contributed by atoms with Crippen molar-refractivity contribution >= 4 is 21.5 Å². The SMILES string of the molecule is Nc1cnc([N+](=O)[O-])c(S(N)(=O)=O)c1. The van der Waals surface area contributed by atoms with Crippen molar-refractivity contribution in [1.82, 2.24) is 4.98 Å². The molecule has 0 atom stereocenters. The quantitative estimate of drug-likeness (QED) is 0.492. The summed E-state index contributed by atoms with van der Waals surface area (Å²) in [5.41, 5.74) is 5.20. The Morgan fingerprint density at radius 2 is 2.07 bits per heavy atom. The average molecular weight is 218 g/mol. The maximum absolute atomic E-state index is 10.9. The molecule has 0 spiro atoms. The molecule has 0 saturated carbocycles. The topological polar surface area (TPSA) is 142 Å². The van der Waals surface area contributed by atoms with Crippen molar-refractivity contribution in [3.05, 3.63) is 22.4 Å². The molecular formula is C5H6N4O4S. The second-order valence-electron chi connectivity index (χ2n) is 2.39. The third kappa shape index (κ3) is 1.95. The van der Waals surface area contributed by atoms with Gasteiger partial charge >= 0.3 is 5.82 Å². The highest BCUT2D eigenvalue weighted by Gasteiger charge is 2.24. The summed E-state index contributed by atoms with van der Waals surface area (Å²) in [6, 6.07) is 0.889. The smallest absolute Gasteiger partial charge is 0.383 e. The first-order valence-electron chi connectivity index (χ1n) is 3.25. The van der Waals surface area contributed by atoms with Gasteiger partial charge in [-0.15, -0.1) is 0 Å². The Labute approximate surface area is 78.7 Å². The number of aromatic nitrogens is 1. The number of rotatable bonds is 2. The predicted octanol–water partition coefficient (Wildman–Crippen LogP) is -0.781. The van der Waals surface area contributed by atoms with Crippen molar-refractivity contribution in [2.75, 3.05) is 5.73 Å². The Kier molecular flexibility index (Phi) is 2.36. The fourth-order valence-electron chi connectivity index (χ4n) is 0.799. The molecule has 1 aromatic rings. The summed E-state index contributed by atoms with van der Waals surface area (Å²) in [4.78, 5) is 12.0. The lowest BCUT2D eigenvalue weighted by molar-refractivity contribution is -0.392. The van der Waals surface area contributed by atoms with E-state index in [1.807, 2.05) is 0 Å². The lowest BCUT2D eigenvalue weighted by Crippen LogP contribution is -2.15. The maximum Gasteiger partial charge on any atom is 0.383 e. The zero-order valence-corrected chi connectivity index (χ0v) is 7.56. The Morgan fingerprint density at radius 1 is 1.50 bits per heavy atom. The number of nitro groups is 1. The van der Waals surface area contributed by atoms with Crippen LogP contribution in [-0.2, 0) is 10.0 Å². The molecule has 14 heavy (non-hydrogen) atoms. The Morgan fingerprint density at radius 3 is 2.50 bits per heavy atom. The van der Waals surface area contributed by atoms with E-state index in [9.17, 15) is 18.5 Å². The monoisotopic (exact) mass is 218 g/mol. The third-order valence-corrected chi connectivity index (χ3v) is 2.25. The summed E-state index contributed by atoms with van der Waals surface area (Å²) in [5, 5.41) is 15.1. The molecule has 76 valence electrons. The molecule has 0 radical (unpaired) electrons. The second-order valence-corrected chi connectivity index (χ2v) is 3.92. The summed E-state index contributed by atoms with van der Waals surface area (Å²) in [6.07, 6.45) is 0.979. The van der Waals surface area contributed by atoms with Crippen molar-refractivity contribution in [3.63, 3.8) is 0 Å². The summed E-state index contributed by atoms with van der Waals surface area (Å²) in [5.74, 6) is -0.832. The van der Waals surface area contributed by atoms with Gasteiger partial charge in [0.1, 0.15) is 0 Å².